The fourth-order valence-electron chi connectivity index (χ4n) is 2.79. The Morgan fingerprint density at radius 1 is 1.09 bits per heavy atom. The van der Waals surface area contributed by atoms with Gasteiger partial charge in [-0.2, -0.15) is 0 Å². The monoisotopic (exact) mass is 295 g/mol. The van der Waals surface area contributed by atoms with E-state index in [1.807, 2.05) is 18.2 Å². The van der Waals surface area contributed by atoms with Crippen LogP contribution in [0.1, 0.15) is 48.1 Å². The van der Waals surface area contributed by atoms with E-state index in [-0.39, 0.29) is 11.9 Å². The third-order valence-corrected chi connectivity index (χ3v) is 4.03. The predicted molar refractivity (Wildman–Crippen MR) is 91.9 cm³/mol. The van der Waals surface area contributed by atoms with Crippen LogP contribution in [0, 0.1) is 13.8 Å². The molecule has 22 heavy (non-hydrogen) atoms. The molecule has 2 aromatic rings. The van der Waals surface area contributed by atoms with Crippen molar-refractivity contribution < 1.29 is 4.79 Å². The Kier molecular flexibility index (Phi) is 5.76. The molecule has 0 saturated carbocycles. The second-order valence-electron chi connectivity index (χ2n) is 5.87. The fourth-order valence-corrected chi connectivity index (χ4v) is 2.79. The van der Waals surface area contributed by atoms with Crippen molar-refractivity contribution in [3.05, 3.63) is 70.8 Å². The third-order valence-electron chi connectivity index (χ3n) is 4.03. The quantitative estimate of drug-likeness (QED) is 0.835. The van der Waals surface area contributed by atoms with Crippen LogP contribution in [0.3, 0.4) is 0 Å². The standard InChI is InChI=1S/C20H25NO/c1-4-19(18-12-10-15(2)14-16(18)3)21-20(22)13-11-17-8-6-5-7-9-17/h5-10,12,14,19H,4,11,13H2,1-3H3,(H,21,22). The maximum atomic E-state index is 12.2. The average molecular weight is 295 g/mol. The van der Waals surface area contributed by atoms with Gasteiger partial charge in [0.05, 0.1) is 6.04 Å². The molecule has 1 amide bonds. The van der Waals surface area contributed by atoms with Gasteiger partial charge in [0.25, 0.3) is 0 Å². The van der Waals surface area contributed by atoms with E-state index < -0.39 is 0 Å². The minimum atomic E-state index is 0.101. The molecule has 1 unspecified atom stereocenters. The normalized spacial score (nSPS) is 12.0. The largest absolute Gasteiger partial charge is 0.349 e. The summed E-state index contributed by atoms with van der Waals surface area (Å²) in [5.74, 6) is 0.121. The summed E-state index contributed by atoms with van der Waals surface area (Å²) in [5, 5.41) is 3.17. The Bertz CT molecular complexity index is 619. The molecule has 2 aromatic carbocycles. The summed E-state index contributed by atoms with van der Waals surface area (Å²) in [5.41, 5.74) is 4.93. The lowest BCUT2D eigenvalue weighted by Gasteiger charge is -2.20. The zero-order chi connectivity index (χ0) is 15.9. The van der Waals surface area contributed by atoms with Gasteiger partial charge in [-0.25, -0.2) is 0 Å². The van der Waals surface area contributed by atoms with E-state index in [1.165, 1.54) is 22.3 Å². The van der Waals surface area contributed by atoms with Crippen molar-refractivity contribution in [1.29, 1.82) is 0 Å². The maximum absolute atomic E-state index is 12.2. The first-order chi connectivity index (χ1) is 10.6. The van der Waals surface area contributed by atoms with E-state index in [2.05, 4.69) is 56.4 Å². The van der Waals surface area contributed by atoms with Crippen molar-refractivity contribution in [3.8, 4) is 0 Å². The van der Waals surface area contributed by atoms with Gasteiger partial charge in [0.15, 0.2) is 0 Å². The van der Waals surface area contributed by atoms with Crippen LogP contribution in [-0.2, 0) is 11.2 Å². The van der Waals surface area contributed by atoms with Gasteiger partial charge in [0.1, 0.15) is 0 Å². The number of aryl methyl sites for hydroxylation is 3. The molecule has 0 bridgehead atoms. The van der Waals surface area contributed by atoms with Crippen LogP contribution in [0.4, 0.5) is 0 Å². The lowest BCUT2D eigenvalue weighted by atomic mass is 9.97. The topological polar surface area (TPSA) is 29.1 Å². The van der Waals surface area contributed by atoms with Gasteiger partial charge in [-0.05, 0) is 43.4 Å². The highest BCUT2D eigenvalue weighted by Gasteiger charge is 2.14. The molecule has 0 aliphatic carbocycles. The molecule has 0 spiro atoms. The fraction of sp³-hybridized carbons (Fsp3) is 0.350. The van der Waals surface area contributed by atoms with Crippen molar-refractivity contribution in [2.24, 2.45) is 0 Å². The summed E-state index contributed by atoms with van der Waals surface area (Å²) in [4.78, 5) is 12.2. The van der Waals surface area contributed by atoms with Crippen LogP contribution in [0.25, 0.3) is 0 Å². The average Bonchev–Trinajstić information content (AvgIpc) is 2.52. The van der Waals surface area contributed by atoms with Crippen molar-refractivity contribution in [2.45, 2.75) is 46.1 Å². The van der Waals surface area contributed by atoms with Crippen LogP contribution >= 0.6 is 0 Å². The Morgan fingerprint density at radius 2 is 1.82 bits per heavy atom. The molecule has 0 aromatic heterocycles. The summed E-state index contributed by atoms with van der Waals surface area (Å²) >= 11 is 0. The second kappa shape index (κ2) is 7.79. The maximum Gasteiger partial charge on any atom is 0.220 e. The highest BCUT2D eigenvalue weighted by molar-refractivity contribution is 5.76. The zero-order valence-electron chi connectivity index (χ0n) is 13.7. The van der Waals surface area contributed by atoms with Gasteiger partial charge in [-0.3, -0.25) is 4.79 Å². The van der Waals surface area contributed by atoms with Crippen LogP contribution < -0.4 is 5.32 Å². The molecule has 0 radical (unpaired) electrons. The molecule has 0 aliphatic rings. The van der Waals surface area contributed by atoms with E-state index >= 15 is 0 Å². The van der Waals surface area contributed by atoms with Crippen molar-refractivity contribution in [2.75, 3.05) is 0 Å². The van der Waals surface area contributed by atoms with E-state index in [0.29, 0.717) is 6.42 Å². The molecule has 2 heteroatoms. The molecule has 0 fully saturated rings. The van der Waals surface area contributed by atoms with Gasteiger partial charge in [-0.1, -0.05) is 61.0 Å². The van der Waals surface area contributed by atoms with Gasteiger partial charge in [-0.15, -0.1) is 0 Å². The first-order valence-electron chi connectivity index (χ1n) is 8.00. The van der Waals surface area contributed by atoms with Gasteiger partial charge < -0.3 is 5.32 Å². The van der Waals surface area contributed by atoms with Crippen LogP contribution in [0.2, 0.25) is 0 Å². The number of nitrogens with one attached hydrogen (secondary N) is 1. The van der Waals surface area contributed by atoms with E-state index in [9.17, 15) is 4.79 Å². The first-order valence-corrected chi connectivity index (χ1v) is 8.00. The minimum absolute atomic E-state index is 0.101. The SMILES string of the molecule is CCC(NC(=O)CCc1ccccc1)c1ccc(C)cc1C. The predicted octanol–water partition coefficient (Wildman–Crippen LogP) is 4.50. The Labute approximate surface area is 133 Å². The highest BCUT2D eigenvalue weighted by Crippen LogP contribution is 2.21. The molecule has 116 valence electrons. The Balaban J connectivity index is 1.96. The molecule has 0 aliphatic heterocycles. The lowest BCUT2D eigenvalue weighted by Crippen LogP contribution is -2.28. The number of carbonyl (C=O) groups excluding carboxylic acids is 1. The molecule has 0 saturated heterocycles. The van der Waals surface area contributed by atoms with E-state index in [0.717, 1.165) is 12.8 Å². The summed E-state index contributed by atoms with van der Waals surface area (Å²) in [6, 6.07) is 16.7. The van der Waals surface area contributed by atoms with Gasteiger partial charge >= 0.3 is 0 Å². The van der Waals surface area contributed by atoms with Crippen molar-refractivity contribution >= 4 is 5.91 Å². The van der Waals surface area contributed by atoms with Crippen LogP contribution in [0.15, 0.2) is 48.5 Å². The minimum Gasteiger partial charge on any atom is -0.349 e. The molecule has 1 atom stereocenters. The van der Waals surface area contributed by atoms with Crippen molar-refractivity contribution in [1.82, 2.24) is 5.32 Å². The Morgan fingerprint density at radius 3 is 2.45 bits per heavy atom. The molecule has 1 N–H and O–H groups in total. The van der Waals surface area contributed by atoms with Crippen LogP contribution in [-0.4, -0.2) is 5.91 Å². The van der Waals surface area contributed by atoms with Crippen LogP contribution in [0.5, 0.6) is 0 Å². The molecule has 0 heterocycles. The third kappa shape index (κ3) is 4.45. The summed E-state index contributed by atoms with van der Waals surface area (Å²) in [6.45, 7) is 6.32. The molecule has 2 rings (SSSR count). The number of benzene rings is 2. The van der Waals surface area contributed by atoms with Crippen molar-refractivity contribution in [3.63, 3.8) is 0 Å². The number of amides is 1. The number of rotatable bonds is 6. The molecule has 2 nitrogen and oxygen atoms in total. The summed E-state index contributed by atoms with van der Waals surface area (Å²) < 4.78 is 0. The zero-order valence-corrected chi connectivity index (χ0v) is 13.7. The number of hydrogen-bond acceptors (Lipinski definition) is 1. The summed E-state index contributed by atoms with van der Waals surface area (Å²) in [7, 11) is 0. The molecular weight excluding hydrogens is 270 g/mol. The number of carbonyl (C=O) groups is 1. The second-order valence-corrected chi connectivity index (χ2v) is 5.87. The van der Waals surface area contributed by atoms with Gasteiger partial charge in [0.2, 0.25) is 5.91 Å². The van der Waals surface area contributed by atoms with E-state index in [4.69, 9.17) is 0 Å². The number of hydrogen-bond donors (Lipinski definition) is 1. The lowest BCUT2D eigenvalue weighted by molar-refractivity contribution is -0.121. The molecular formula is C20H25NO. The summed E-state index contributed by atoms with van der Waals surface area (Å²) in [6.07, 6.45) is 2.22. The Hall–Kier alpha value is -2.09. The van der Waals surface area contributed by atoms with Gasteiger partial charge in [0, 0.05) is 6.42 Å². The highest BCUT2D eigenvalue weighted by atomic mass is 16.1. The van der Waals surface area contributed by atoms with E-state index in [1.54, 1.807) is 0 Å². The smallest absolute Gasteiger partial charge is 0.220 e. The first kappa shape index (κ1) is 16.3.